The summed E-state index contributed by atoms with van der Waals surface area (Å²) in [6.45, 7) is -0.0382. The van der Waals surface area contributed by atoms with Gasteiger partial charge in [0.2, 0.25) is 5.91 Å². The second kappa shape index (κ2) is 11.8. The lowest BCUT2D eigenvalue weighted by atomic mass is 10.2. The van der Waals surface area contributed by atoms with E-state index in [9.17, 15) is 22.0 Å². The summed E-state index contributed by atoms with van der Waals surface area (Å²) >= 11 is 1.66. The van der Waals surface area contributed by atoms with Gasteiger partial charge in [-0.25, -0.2) is 17.2 Å². The third-order valence-electron chi connectivity index (χ3n) is 4.70. The molecule has 0 spiro atoms. The van der Waals surface area contributed by atoms with E-state index in [4.69, 9.17) is 0 Å². The van der Waals surface area contributed by atoms with Crippen molar-refractivity contribution in [1.82, 2.24) is 5.32 Å². The third kappa shape index (κ3) is 7.30. The standard InChI is InChI=1S/C24H24F2N2O3S2/c25-20-9-7-19(8-10-20)18-32-16-4-15-27-24(29)17-28(22-13-11-21(26)12-14-22)33(30,31)23-5-2-1-3-6-23/h1-3,5-14H,4,15-18H2,(H,27,29). The monoisotopic (exact) mass is 490 g/mol. The summed E-state index contributed by atoms with van der Waals surface area (Å²) in [6.07, 6.45) is 0.694. The fraction of sp³-hybridized carbons (Fsp3) is 0.208. The number of rotatable bonds is 11. The van der Waals surface area contributed by atoms with Crippen molar-refractivity contribution in [3.05, 3.63) is 96.1 Å². The Labute approximate surface area is 196 Å². The number of sulfonamides is 1. The van der Waals surface area contributed by atoms with Gasteiger partial charge in [-0.3, -0.25) is 9.10 Å². The van der Waals surface area contributed by atoms with Crippen molar-refractivity contribution >= 4 is 33.4 Å². The second-order valence-electron chi connectivity index (χ2n) is 7.18. The van der Waals surface area contributed by atoms with E-state index >= 15 is 0 Å². The summed E-state index contributed by atoms with van der Waals surface area (Å²) in [5, 5.41) is 2.74. The Hall–Kier alpha value is -2.91. The Morgan fingerprint density at radius 3 is 2.12 bits per heavy atom. The van der Waals surface area contributed by atoms with Crippen LogP contribution >= 0.6 is 11.8 Å². The number of anilines is 1. The highest BCUT2D eigenvalue weighted by Crippen LogP contribution is 2.23. The number of carbonyl (C=O) groups excluding carboxylic acids is 1. The number of carbonyl (C=O) groups is 1. The molecule has 33 heavy (non-hydrogen) atoms. The molecule has 0 fully saturated rings. The molecule has 0 aromatic heterocycles. The van der Waals surface area contributed by atoms with Crippen molar-refractivity contribution in [3.8, 4) is 0 Å². The summed E-state index contributed by atoms with van der Waals surface area (Å²) in [4.78, 5) is 12.6. The molecule has 0 saturated heterocycles. The summed E-state index contributed by atoms with van der Waals surface area (Å²) in [6, 6.07) is 19.1. The van der Waals surface area contributed by atoms with Crippen LogP contribution in [0.15, 0.2) is 83.8 Å². The Balaban J connectivity index is 1.55. The first kappa shape index (κ1) is 24.7. The summed E-state index contributed by atoms with van der Waals surface area (Å²) in [7, 11) is -4.02. The number of halogens is 2. The van der Waals surface area contributed by atoms with Gasteiger partial charge in [0, 0.05) is 12.3 Å². The van der Waals surface area contributed by atoms with Gasteiger partial charge in [0.05, 0.1) is 10.6 Å². The molecule has 0 aliphatic carbocycles. The zero-order chi connectivity index (χ0) is 23.7. The van der Waals surface area contributed by atoms with Gasteiger partial charge in [-0.15, -0.1) is 0 Å². The molecule has 3 rings (SSSR count). The molecule has 174 valence electrons. The van der Waals surface area contributed by atoms with Crippen molar-refractivity contribution in [2.75, 3.05) is 23.1 Å². The van der Waals surface area contributed by atoms with Crippen LogP contribution < -0.4 is 9.62 Å². The predicted octanol–water partition coefficient (Wildman–Crippen LogP) is 4.60. The summed E-state index contributed by atoms with van der Waals surface area (Å²) in [5.41, 5.74) is 1.22. The van der Waals surface area contributed by atoms with E-state index < -0.39 is 28.3 Å². The summed E-state index contributed by atoms with van der Waals surface area (Å²) in [5.74, 6) is 0.292. The minimum absolute atomic E-state index is 0.0410. The molecule has 0 heterocycles. The lowest BCUT2D eigenvalue weighted by Crippen LogP contribution is -2.41. The fourth-order valence-corrected chi connectivity index (χ4v) is 5.36. The van der Waals surface area contributed by atoms with Gasteiger partial charge in [-0.05, 0) is 66.3 Å². The molecule has 9 heteroatoms. The minimum atomic E-state index is -4.02. The molecule has 3 aromatic rings. The smallest absolute Gasteiger partial charge is 0.264 e. The molecular weight excluding hydrogens is 466 g/mol. The van der Waals surface area contributed by atoms with Crippen LogP contribution in [0.3, 0.4) is 0 Å². The number of amides is 1. The van der Waals surface area contributed by atoms with E-state index in [0.29, 0.717) is 13.0 Å². The highest BCUT2D eigenvalue weighted by Gasteiger charge is 2.27. The maximum Gasteiger partial charge on any atom is 0.264 e. The lowest BCUT2D eigenvalue weighted by molar-refractivity contribution is -0.119. The Morgan fingerprint density at radius 1 is 0.879 bits per heavy atom. The van der Waals surface area contributed by atoms with Gasteiger partial charge >= 0.3 is 0 Å². The summed E-state index contributed by atoms with van der Waals surface area (Å²) < 4.78 is 53.6. The van der Waals surface area contributed by atoms with Crippen LogP contribution in [-0.2, 0) is 20.6 Å². The molecule has 0 bridgehead atoms. The van der Waals surface area contributed by atoms with Crippen molar-refractivity contribution in [3.63, 3.8) is 0 Å². The normalized spacial score (nSPS) is 11.2. The van der Waals surface area contributed by atoms with Crippen LogP contribution in [0, 0.1) is 11.6 Å². The number of hydrogen-bond donors (Lipinski definition) is 1. The largest absolute Gasteiger partial charge is 0.354 e. The quantitative estimate of drug-likeness (QED) is 0.399. The van der Waals surface area contributed by atoms with Gasteiger partial charge in [0.1, 0.15) is 18.2 Å². The van der Waals surface area contributed by atoms with Crippen molar-refractivity contribution in [2.24, 2.45) is 0 Å². The molecule has 1 N–H and O–H groups in total. The van der Waals surface area contributed by atoms with Crippen molar-refractivity contribution in [1.29, 1.82) is 0 Å². The number of hydrogen-bond acceptors (Lipinski definition) is 4. The average molecular weight is 491 g/mol. The van der Waals surface area contributed by atoms with Crippen molar-refractivity contribution < 1.29 is 22.0 Å². The van der Waals surface area contributed by atoms with Crippen LogP contribution in [0.1, 0.15) is 12.0 Å². The minimum Gasteiger partial charge on any atom is -0.354 e. The maximum atomic E-state index is 13.4. The molecule has 1 amide bonds. The van der Waals surface area contributed by atoms with Crippen molar-refractivity contribution in [2.45, 2.75) is 17.1 Å². The van der Waals surface area contributed by atoms with E-state index in [2.05, 4.69) is 5.32 Å². The van der Waals surface area contributed by atoms with Crippen LogP contribution in [-0.4, -0.2) is 33.2 Å². The number of nitrogens with one attached hydrogen (secondary N) is 1. The van der Waals surface area contributed by atoms with E-state index in [0.717, 1.165) is 33.5 Å². The predicted molar refractivity (Wildman–Crippen MR) is 128 cm³/mol. The lowest BCUT2D eigenvalue weighted by Gasteiger charge is -2.24. The molecule has 5 nitrogen and oxygen atoms in total. The fourth-order valence-electron chi connectivity index (χ4n) is 3.00. The van der Waals surface area contributed by atoms with Crippen LogP contribution in [0.25, 0.3) is 0 Å². The molecular formula is C24H24F2N2O3S2. The molecule has 0 aliphatic rings. The molecule has 0 radical (unpaired) electrons. The molecule has 0 unspecified atom stereocenters. The zero-order valence-corrected chi connectivity index (χ0v) is 19.4. The average Bonchev–Trinajstić information content (AvgIpc) is 2.82. The molecule has 0 atom stereocenters. The van der Waals surface area contributed by atoms with Crippen LogP contribution in [0.5, 0.6) is 0 Å². The highest BCUT2D eigenvalue weighted by molar-refractivity contribution is 7.98. The SMILES string of the molecule is O=C(CN(c1ccc(F)cc1)S(=O)(=O)c1ccccc1)NCCCSCc1ccc(F)cc1. The third-order valence-corrected chi connectivity index (χ3v) is 7.61. The molecule has 0 aliphatic heterocycles. The first-order valence-electron chi connectivity index (χ1n) is 10.3. The van der Waals surface area contributed by atoms with Crippen LogP contribution in [0.2, 0.25) is 0 Å². The molecule has 0 saturated carbocycles. The maximum absolute atomic E-state index is 13.4. The topological polar surface area (TPSA) is 66.5 Å². The first-order chi connectivity index (χ1) is 15.9. The Bertz CT molecular complexity index is 1140. The van der Waals surface area contributed by atoms with E-state index in [1.807, 2.05) is 0 Å². The van der Waals surface area contributed by atoms with E-state index in [1.54, 1.807) is 42.1 Å². The van der Waals surface area contributed by atoms with Gasteiger partial charge in [-0.2, -0.15) is 11.8 Å². The van der Waals surface area contributed by atoms with Gasteiger partial charge in [0.15, 0.2) is 0 Å². The van der Waals surface area contributed by atoms with Gasteiger partial charge in [0.25, 0.3) is 10.0 Å². The number of thioether (sulfide) groups is 1. The van der Waals surface area contributed by atoms with Gasteiger partial charge in [-0.1, -0.05) is 30.3 Å². The highest BCUT2D eigenvalue weighted by atomic mass is 32.2. The molecule has 3 aromatic carbocycles. The van der Waals surface area contributed by atoms with Crippen LogP contribution in [0.4, 0.5) is 14.5 Å². The number of benzene rings is 3. The van der Waals surface area contributed by atoms with Gasteiger partial charge < -0.3 is 5.32 Å². The first-order valence-corrected chi connectivity index (χ1v) is 12.9. The second-order valence-corrected chi connectivity index (χ2v) is 10.2. The Kier molecular flexibility index (Phi) is 8.85. The number of nitrogens with zero attached hydrogens (tertiary/aromatic N) is 1. The Morgan fingerprint density at radius 2 is 1.48 bits per heavy atom. The van der Waals surface area contributed by atoms with E-state index in [1.165, 1.54) is 36.4 Å². The van der Waals surface area contributed by atoms with E-state index in [-0.39, 0.29) is 16.4 Å². The zero-order valence-electron chi connectivity index (χ0n) is 17.8.